The second kappa shape index (κ2) is 12.4. The van der Waals surface area contributed by atoms with Gasteiger partial charge in [0.1, 0.15) is 5.50 Å². The van der Waals surface area contributed by atoms with Crippen molar-refractivity contribution in [3.05, 3.63) is 0 Å². The zero-order valence-corrected chi connectivity index (χ0v) is 23.8. The normalized spacial score (nSPS) is 43.7. The number of amides is 2. The molecule has 0 aromatic carbocycles. The van der Waals surface area contributed by atoms with Crippen LogP contribution in [0.1, 0.15) is 45.4 Å². The number of fused-ring (bicyclic) bond motifs is 1. The summed E-state index contributed by atoms with van der Waals surface area (Å²) in [5.41, 5.74) is -0.306. The summed E-state index contributed by atoms with van der Waals surface area (Å²) in [6.07, 6.45) is 1.39. The first-order valence-electron chi connectivity index (χ1n) is 14.2. The standard InChI is InChI=1S/C26H42ClF2N5O3S/c1-13-7-16(17-8-22(27)31-10-20(17)37-2)18(9-30-13)24(35)33-26-32-19-11-34(12-21(19)38-26)25(36)15-5-3-14(4-6-15)23(28)29/h13-23,26,30-32H,3-12H2,1-2H3,(H,33,35). The third-order valence-corrected chi connectivity index (χ3v) is 11.2. The van der Waals surface area contributed by atoms with E-state index in [1.54, 1.807) is 18.9 Å². The highest BCUT2D eigenvalue weighted by atomic mass is 35.5. The Morgan fingerprint density at radius 3 is 2.53 bits per heavy atom. The number of carbonyl (C=O) groups excluding carboxylic acids is 2. The van der Waals surface area contributed by atoms with Gasteiger partial charge in [0.2, 0.25) is 18.2 Å². The second-order valence-electron chi connectivity index (χ2n) is 11.9. The summed E-state index contributed by atoms with van der Waals surface area (Å²) in [4.78, 5) is 28.5. The molecular formula is C26H42ClF2N5O3S. The molecule has 2 amide bonds. The van der Waals surface area contributed by atoms with Crippen LogP contribution in [0.3, 0.4) is 0 Å². The van der Waals surface area contributed by atoms with Gasteiger partial charge in [-0.2, -0.15) is 0 Å². The minimum Gasteiger partial charge on any atom is -0.380 e. The number of nitrogens with one attached hydrogen (secondary N) is 4. The molecule has 216 valence electrons. The number of thioether (sulfide) groups is 1. The van der Waals surface area contributed by atoms with Crippen LogP contribution in [0.5, 0.6) is 0 Å². The van der Waals surface area contributed by atoms with Crippen LogP contribution in [0, 0.1) is 29.6 Å². The predicted molar refractivity (Wildman–Crippen MR) is 144 cm³/mol. The third kappa shape index (κ3) is 6.28. The van der Waals surface area contributed by atoms with E-state index in [9.17, 15) is 18.4 Å². The average molecular weight is 578 g/mol. The number of rotatable bonds is 6. The number of alkyl halides is 3. The van der Waals surface area contributed by atoms with Gasteiger partial charge < -0.3 is 20.3 Å². The fraction of sp³-hybridized carbons (Fsp3) is 0.923. The molecule has 5 aliphatic rings. The Balaban J connectivity index is 1.13. The predicted octanol–water partition coefficient (Wildman–Crippen LogP) is 2.18. The fourth-order valence-corrected chi connectivity index (χ4v) is 9.02. The molecule has 0 radical (unpaired) electrons. The maximum atomic E-state index is 13.6. The van der Waals surface area contributed by atoms with Gasteiger partial charge in [0.15, 0.2) is 0 Å². The van der Waals surface area contributed by atoms with E-state index in [2.05, 4.69) is 28.2 Å². The quantitative estimate of drug-likeness (QED) is 0.284. The number of nitrogens with zero attached hydrogens (tertiary/aromatic N) is 1. The SMILES string of the molecule is COC1CNC(Cl)CC1C1CC(C)NCC1C(=O)NC1NC2CN(C(=O)C3CCC(C(F)F)CC3)CC2S1. The lowest BCUT2D eigenvalue weighted by Gasteiger charge is -2.45. The minimum atomic E-state index is -2.29. The molecule has 0 aromatic rings. The molecule has 5 rings (SSSR count). The number of likely N-dealkylation sites (tertiary alicyclic amines) is 1. The maximum Gasteiger partial charge on any atom is 0.241 e. The van der Waals surface area contributed by atoms with Crippen molar-refractivity contribution in [2.45, 2.75) is 86.3 Å². The van der Waals surface area contributed by atoms with Crippen molar-refractivity contribution < 1.29 is 23.1 Å². The van der Waals surface area contributed by atoms with Gasteiger partial charge in [-0.25, -0.2) is 8.78 Å². The molecule has 1 saturated carbocycles. The lowest BCUT2D eigenvalue weighted by Crippen LogP contribution is -2.57. The van der Waals surface area contributed by atoms with Crippen LogP contribution in [0.4, 0.5) is 8.78 Å². The molecule has 8 nitrogen and oxygen atoms in total. The fourth-order valence-electron chi connectivity index (χ4n) is 7.32. The van der Waals surface area contributed by atoms with E-state index >= 15 is 0 Å². The van der Waals surface area contributed by atoms with E-state index in [4.69, 9.17) is 16.3 Å². The smallest absolute Gasteiger partial charge is 0.241 e. The molecule has 4 saturated heterocycles. The molecule has 5 fully saturated rings. The Labute approximate surface area is 233 Å². The number of hydrogen-bond donors (Lipinski definition) is 4. The summed E-state index contributed by atoms with van der Waals surface area (Å²) in [5.74, 6) is -0.328. The summed E-state index contributed by atoms with van der Waals surface area (Å²) in [6.45, 7) is 4.72. The van der Waals surface area contributed by atoms with Crippen molar-refractivity contribution in [1.29, 1.82) is 0 Å². The summed E-state index contributed by atoms with van der Waals surface area (Å²) < 4.78 is 31.7. The maximum absolute atomic E-state index is 13.6. The lowest BCUT2D eigenvalue weighted by atomic mass is 9.70. The summed E-state index contributed by atoms with van der Waals surface area (Å²) in [5, 5.41) is 13.7. The number of ether oxygens (including phenoxy) is 1. The minimum absolute atomic E-state index is 0.0304. The van der Waals surface area contributed by atoms with E-state index in [-0.39, 0.29) is 63.9 Å². The highest BCUT2D eigenvalue weighted by Gasteiger charge is 2.47. The Kier molecular flexibility index (Phi) is 9.42. The zero-order chi connectivity index (χ0) is 27.0. The second-order valence-corrected chi connectivity index (χ2v) is 13.8. The van der Waals surface area contributed by atoms with Crippen LogP contribution >= 0.6 is 23.4 Å². The van der Waals surface area contributed by atoms with Gasteiger partial charge in [-0.15, -0.1) is 23.4 Å². The Morgan fingerprint density at radius 1 is 1.08 bits per heavy atom. The molecule has 9 atom stereocenters. The molecule has 12 heteroatoms. The Morgan fingerprint density at radius 2 is 1.84 bits per heavy atom. The number of halogens is 3. The van der Waals surface area contributed by atoms with Gasteiger partial charge in [-0.1, -0.05) is 0 Å². The number of carbonyl (C=O) groups is 2. The molecule has 1 aliphatic carbocycles. The molecule has 0 bridgehead atoms. The van der Waals surface area contributed by atoms with Gasteiger partial charge in [0.25, 0.3) is 0 Å². The summed E-state index contributed by atoms with van der Waals surface area (Å²) in [6, 6.07) is 0.448. The number of methoxy groups -OCH3 is 1. The van der Waals surface area contributed by atoms with Gasteiger partial charge in [0, 0.05) is 62.5 Å². The molecule has 4 aliphatic heterocycles. The summed E-state index contributed by atoms with van der Waals surface area (Å²) >= 11 is 8.13. The van der Waals surface area contributed by atoms with Crippen molar-refractivity contribution in [3.63, 3.8) is 0 Å². The summed E-state index contributed by atoms with van der Waals surface area (Å²) in [7, 11) is 1.73. The highest BCUT2D eigenvalue weighted by Crippen LogP contribution is 2.39. The first-order chi connectivity index (χ1) is 18.2. The molecule has 0 spiro atoms. The lowest BCUT2D eigenvalue weighted by molar-refractivity contribution is -0.136. The van der Waals surface area contributed by atoms with Crippen molar-refractivity contribution in [2.24, 2.45) is 29.6 Å². The van der Waals surface area contributed by atoms with Crippen LogP contribution in [0.15, 0.2) is 0 Å². The number of piperidine rings is 2. The van der Waals surface area contributed by atoms with Crippen molar-refractivity contribution in [2.75, 3.05) is 33.3 Å². The third-order valence-electron chi connectivity index (χ3n) is 9.52. The first kappa shape index (κ1) is 28.8. The monoisotopic (exact) mass is 577 g/mol. The highest BCUT2D eigenvalue weighted by molar-refractivity contribution is 8.00. The molecular weight excluding hydrogens is 536 g/mol. The van der Waals surface area contributed by atoms with Crippen molar-refractivity contribution in [3.8, 4) is 0 Å². The van der Waals surface area contributed by atoms with Crippen molar-refractivity contribution >= 4 is 35.2 Å². The van der Waals surface area contributed by atoms with Crippen LogP contribution in [0.2, 0.25) is 0 Å². The molecule has 4 N–H and O–H groups in total. The van der Waals surface area contributed by atoms with Gasteiger partial charge >= 0.3 is 0 Å². The molecule has 0 aromatic heterocycles. The first-order valence-corrected chi connectivity index (χ1v) is 15.5. The van der Waals surface area contributed by atoms with Gasteiger partial charge in [-0.3, -0.25) is 20.2 Å². The topological polar surface area (TPSA) is 94.7 Å². The van der Waals surface area contributed by atoms with Crippen LogP contribution in [0.25, 0.3) is 0 Å². The van der Waals surface area contributed by atoms with E-state index in [0.717, 1.165) is 12.8 Å². The van der Waals surface area contributed by atoms with Gasteiger partial charge in [0.05, 0.1) is 17.5 Å². The van der Waals surface area contributed by atoms with Crippen LogP contribution in [-0.4, -0.2) is 90.9 Å². The molecule has 4 heterocycles. The van der Waals surface area contributed by atoms with E-state index in [1.807, 2.05) is 4.90 Å². The number of hydrogen-bond acceptors (Lipinski definition) is 7. The van der Waals surface area contributed by atoms with E-state index < -0.39 is 12.3 Å². The van der Waals surface area contributed by atoms with Gasteiger partial charge in [-0.05, 0) is 57.3 Å². The van der Waals surface area contributed by atoms with Crippen molar-refractivity contribution in [1.82, 2.24) is 26.2 Å². The molecule has 38 heavy (non-hydrogen) atoms. The van der Waals surface area contributed by atoms with Crippen LogP contribution < -0.4 is 21.3 Å². The van der Waals surface area contributed by atoms with E-state index in [1.165, 1.54) is 0 Å². The van der Waals surface area contributed by atoms with E-state index in [0.29, 0.717) is 57.9 Å². The Bertz CT molecular complexity index is 840. The average Bonchev–Trinajstić information content (AvgIpc) is 3.47. The largest absolute Gasteiger partial charge is 0.380 e. The zero-order valence-electron chi connectivity index (χ0n) is 22.2. The van der Waals surface area contributed by atoms with Crippen LogP contribution in [-0.2, 0) is 14.3 Å². The Hall–Kier alpha value is -0.720. The molecule has 9 unspecified atom stereocenters.